The van der Waals surface area contributed by atoms with Crippen LogP contribution in [0.1, 0.15) is 71.3 Å². The number of aromatic amines is 1. The van der Waals surface area contributed by atoms with E-state index in [0.29, 0.717) is 57.4 Å². The van der Waals surface area contributed by atoms with Crippen LogP contribution >= 0.6 is 23.2 Å². The number of rotatable bonds is 15. The van der Waals surface area contributed by atoms with E-state index in [1.165, 1.54) is 30.3 Å². The number of phenols is 1. The molecule has 3 unspecified atom stereocenters. The maximum atomic E-state index is 13.9. The van der Waals surface area contributed by atoms with Gasteiger partial charge in [0.25, 0.3) is 0 Å². The maximum Gasteiger partial charge on any atom is 0.387 e. The van der Waals surface area contributed by atoms with Crippen LogP contribution in [0.3, 0.4) is 0 Å². The number of aromatic nitrogens is 1. The van der Waals surface area contributed by atoms with Gasteiger partial charge in [-0.1, -0.05) is 47.5 Å². The number of benzene rings is 3. The quantitative estimate of drug-likeness (QED) is 0.115. The molecular formula is C41H42Cl2F2N3O7+. The molecule has 55 heavy (non-hydrogen) atoms. The van der Waals surface area contributed by atoms with Gasteiger partial charge in [-0.25, -0.2) is 14.6 Å². The number of hydrogen-bond donors (Lipinski definition) is 2. The standard InChI is InChI=1S/C41H41Cl2F2N3O7/c42-33-19-46-20-34(43)32(33)18-36(26-11-12-35(55-41(44)45)37(17-26)52-23-24-9-10-24)54-39(50)28-6-1-7-29(15-28)47-38(27-5-2-8-30(49)16-27)40(51)53-31-14-25-4-3-13-48(21-25)22-31/h1-2,5-8,11-12,15-17,19-20,24-25,31,36,38,41,47,49H,3-4,9-10,13-14,18,21-23H2/p+1/t25?,31-,36+,38?/m1/s1. The van der Waals surface area contributed by atoms with Crippen molar-refractivity contribution in [3.8, 4) is 17.2 Å². The van der Waals surface area contributed by atoms with Gasteiger partial charge in [0.2, 0.25) is 0 Å². The first kappa shape index (κ1) is 38.6. The molecule has 3 aliphatic rings. The summed E-state index contributed by atoms with van der Waals surface area (Å²) >= 11 is 13.0. The van der Waals surface area contributed by atoms with Crippen LogP contribution in [-0.2, 0) is 20.7 Å². The summed E-state index contributed by atoms with van der Waals surface area (Å²) in [5.41, 5.74) is 2.00. The second-order valence-corrected chi connectivity index (χ2v) is 15.2. The summed E-state index contributed by atoms with van der Waals surface area (Å²) in [7, 11) is 0. The fourth-order valence-corrected chi connectivity index (χ4v) is 7.78. The highest BCUT2D eigenvalue weighted by Gasteiger charge is 2.34. The summed E-state index contributed by atoms with van der Waals surface area (Å²) in [6, 6.07) is 16.3. The normalized spacial score (nSPS) is 20.3. The lowest BCUT2D eigenvalue weighted by molar-refractivity contribution is -0.377. The summed E-state index contributed by atoms with van der Waals surface area (Å²) in [4.78, 5) is 33.0. The zero-order valence-electron chi connectivity index (χ0n) is 29.9. The van der Waals surface area contributed by atoms with E-state index in [0.717, 1.165) is 45.2 Å². The first-order valence-electron chi connectivity index (χ1n) is 18.4. The van der Waals surface area contributed by atoms with Crippen LogP contribution in [0.25, 0.3) is 0 Å². The molecule has 2 saturated heterocycles. The Labute approximate surface area is 327 Å². The molecule has 10 nitrogen and oxygen atoms in total. The number of halogens is 4. The van der Waals surface area contributed by atoms with Crippen LogP contribution in [0.2, 0.25) is 10.0 Å². The predicted octanol–water partition coefficient (Wildman–Crippen LogP) is 8.22. The van der Waals surface area contributed by atoms with Crippen molar-refractivity contribution in [1.29, 1.82) is 0 Å². The van der Waals surface area contributed by atoms with Crippen molar-refractivity contribution in [2.24, 2.45) is 11.8 Å². The summed E-state index contributed by atoms with van der Waals surface area (Å²) < 4.78 is 49.5. The highest BCUT2D eigenvalue weighted by atomic mass is 35.5. The molecule has 1 saturated carbocycles. The highest BCUT2D eigenvalue weighted by Crippen LogP contribution is 2.38. The number of ether oxygens (including phenoxy) is 4. The zero-order chi connectivity index (χ0) is 38.5. The first-order valence-corrected chi connectivity index (χ1v) is 19.2. The molecule has 14 heteroatoms. The Hall–Kier alpha value is -4.65. The van der Waals surface area contributed by atoms with Crippen molar-refractivity contribution in [2.75, 3.05) is 31.6 Å². The molecular weight excluding hydrogens is 755 g/mol. The molecule has 290 valence electrons. The Morgan fingerprint density at radius 2 is 1.75 bits per heavy atom. The molecule has 0 radical (unpaired) electrons. The molecule has 0 amide bonds. The lowest BCUT2D eigenvalue weighted by Crippen LogP contribution is -2.48. The number of alkyl halides is 2. The Bertz CT molecular complexity index is 1970. The van der Waals surface area contributed by atoms with Gasteiger partial charge < -0.3 is 29.4 Å². The van der Waals surface area contributed by atoms with E-state index in [1.807, 2.05) is 0 Å². The molecule has 4 aromatic rings. The van der Waals surface area contributed by atoms with Crippen molar-refractivity contribution in [3.63, 3.8) is 0 Å². The average molecular weight is 798 g/mol. The van der Waals surface area contributed by atoms with E-state index in [1.54, 1.807) is 48.8 Å². The minimum absolute atomic E-state index is 0.00908. The summed E-state index contributed by atoms with van der Waals surface area (Å²) in [6.07, 6.45) is 6.90. The molecule has 3 heterocycles. The fraction of sp³-hybridized carbons (Fsp3) is 0.390. The number of fused-ring (bicyclic) bond motifs is 2. The van der Waals surface area contributed by atoms with E-state index in [9.17, 15) is 23.5 Å². The van der Waals surface area contributed by atoms with Crippen molar-refractivity contribution >= 4 is 40.8 Å². The number of pyridine rings is 1. The third kappa shape index (κ3) is 10.2. The third-order valence-electron chi connectivity index (χ3n) is 10.2. The van der Waals surface area contributed by atoms with Gasteiger partial charge in [0.15, 0.2) is 29.9 Å². The van der Waals surface area contributed by atoms with Gasteiger partial charge in [-0.15, -0.1) is 0 Å². The van der Waals surface area contributed by atoms with Crippen LogP contribution in [-0.4, -0.2) is 60.9 Å². The smallest absolute Gasteiger partial charge is 0.387 e. The number of nitrogens with one attached hydrogen (secondary N) is 2. The monoisotopic (exact) mass is 796 g/mol. The van der Waals surface area contributed by atoms with E-state index in [-0.39, 0.29) is 35.3 Å². The second kappa shape index (κ2) is 17.4. The van der Waals surface area contributed by atoms with Gasteiger partial charge in [-0.2, -0.15) is 8.78 Å². The first-order chi connectivity index (χ1) is 26.6. The molecule has 5 atom stereocenters. The van der Waals surface area contributed by atoms with Gasteiger partial charge in [0.1, 0.15) is 28.0 Å². The van der Waals surface area contributed by atoms with Crippen LogP contribution in [0.4, 0.5) is 14.5 Å². The number of H-pyrrole nitrogens is 1. The maximum absolute atomic E-state index is 13.9. The number of anilines is 1. The van der Waals surface area contributed by atoms with Crippen molar-refractivity contribution in [1.82, 2.24) is 4.90 Å². The average Bonchev–Trinajstić information content (AvgIpc) is 3.99. The number of piperidine rings is 2. The van der Waals surface area contributed by atoms with Crippen LogP contribution in [0.15, 0.2) is 79.1 Å². The van der Waals surface area contributed by atoms with Crippen molar-refractivity contribution in [2.45, 2.75) is 63.4 Å². The van der Waals surface area contributed by atoms with Gasteiger partial charge in [0.05, 0.1) is 12.2 Å². The minimum atomic E-state index is -3.07. The van der Waals surface area contributed by atoms with Gasteiger partial charge in [0, 0.05) is 30.8 Å². The van der Waals surface area contributed by atoms with E-state index in [2.05, 4.69) is 15.2 Å². The minimum Gasteiger partial charge on any atom is -0.508 e. The molecule has 3 fully saturated rings. The van der Waals surface area contributed by atoms with Crippen LogP contribution in [0.5, 0.6) is 17.2 Å². The topological polar surface area (TPSA) is 121 Å². The SMILES string of the molecule is O=C(O[C@@H](Cc1c(Cl)c[nH+]cc1Cl)c1ccc(OC(F)F)c(OCC2CC2)c1)c1cccc(NC(C(=O)O[C@@H]2CC3CCCN(C3)C2)c2cccc(O)c2)c1. The summed E-state index contributed by atoms with van der Waals surface area (Å²) in [5.74, 6) is -0.461. The molecule has 2 aliphatic heterocycles. The van der Waals surface area contributed by atoms with Gasteiger partial charge in [-0.05, 0) is 104 Å². The largest absolute Gasteiger partial charge is 0.508 e. The van der Waals surface area contributed by atoms with Crippen LogP contribution < -0.4 is 19.8 Å². The lowest BCUT2D eigenvalue weighted by atomic mass is 9.88. The second-order valence-electron chi connectivity index (χ2n) is 14.4. The number of esters is 2. The van der Waals surface area contributed by atoms with Crippen molar-refractivity contribution in [3.05, 3.63) is 111 Å². The van der Waals surface area contributed by atoms with E-state index in [4.69, 9.17) is 42.1 Å². The Morgan fingerprint density at radius 3 is 2.49 bits per heavy atom. The number of carbonyl (C=O) groups is 2. The van der Waals surface area contributed by atoms with Gasteiger partial charge >= 0.3 is 18.6 Å². The Balaban J connectivity index is 1.14. The molecule has 0 spiro atoms. The number of nitrogens with zero attached hydrogens (tertiary/aromatic N) is 1. The van der Waals surface area contributed by atoms with Crippen molar-refractivity contribution < 1.29 is 47.4 Å². The molecule has 2 bridgehead atoms. The molecule has 3 N–H and O–H groups in total. The molecule has 1 aliphatic carbocycles. The molecule has 7 rings (SSSR count). The Morgan fingerprint density at radius 1 is 0.945 bits per heavy atom. The predicted molar refractivity (Wildman–Crippen MR) is 201 cm³/mol. The molecule has 1 aromatic heterocycles. The third-order valence-corrected chi connectivity index (χ3v) is 10.8. The highest BCUT2D eigenvalue weighted by molar-refractivity contribution is 6.35. The van der Waals surface area contributed by atoms with E-state index >= 15 is 0 Å². The number of aromatic hydroxyl groups is 1. The van der Waals surface area contributed by atoms with E-state index < -0.39 is 30.7 Å². The van der Waals surface area contributed by atoms with Crippen LogP contribution in [0, 0.1) is 11.8 Å². The summed E-state index contributed by atoms with van der Waals surface area (Å²) in [6.45, 7) is -0.0630. The fourth-order valence-electron chi connectivity index (χ4n) is 7.25. The lowest BCUT2D eigenvalue weighted by Gasteiger charge is -2.41. The molecule has 3 aromatic carbocycles. The summed E-state index contributed by atoms with van der Waals surface area (Å²) in [5, 5.41) is 14.1. The van der Waals surface area contributed by atoms with Gasteiger partial charge in [-0.3, -0.25) is 4.90 Å². The Kier molecular flexibility index (Phi) is 12.2. The number of carbonyl (C=O) groups excluding carboxylic acids is 2. The number of hydrogen-bond acceptors (Lipinski definition) is 9. The zero-order valence-corrected chi connectivity index (χ0v) is 31.4. The number of phenolic OH excluding ortho intramolecular Hbond substituents is 1.